The van der Waals surface area contributed by atoms with Crippen LogP contribution in [-0.4, -0.2) is 23.6 Å². The van der Waals surface area contributed by atoms with Crippen LogP contribution in [0.4, 0.5) is 0 Å². The largest absolute Gasteiger partial charge is 0.311 e. The molecule has 1 aliphatic rings. The zero-order chi connectivity index (χ0) is 13.4. The Morgan fingerprint density at radius 3 is 2.67 bits per heavy atom. The van der Waals surface area contributed by atoms with Crippen LogP contribution in [0, 0.1) is 11.8 Å². The highest BCUT2D eigenvalue weighted by Gasteiger charge is 2.23. The van der Waals surface area contributed by atoms with Crippen molar-refractivity contribution in [3.63, 3.8) is 0 Å². The van der Waals surface area contributed by atoms with Crippen molar-refractivity contribution in [2.45, 2.75) is 78.3 Å². The van der Waals surface area contributed by atoms with E-state index in [1.165, 1.54) is 50.0 Å². The van der Waals surface area contributed by atoms with Crippen molar-refractivity contribution in [2.24, 2.45) is 11.8 Å². The van der Waals surface area contributed by atoms with E-state index in [1.54, 1.807) is 0 Å². The van der Waals surface area contributed by atoms with Gasteiger partial charge in [0, 0.05) is 12.1 Å². The first-order valence-corrected chi connectivity index (χ1v) is 9.11. The van der Waals surface area contributed by atoms with Crippen LogP contribution in [0.25, 0.3) is 0 Å². The Labute approximate surface area is 119 Å². The summed E-state index contributed by atoms with van der Waals surface area (Å²) < 4.78 is 0. The number of rotatable bonds is 8. The van der Waals surface area contributed by atoms with Crippen molar-refractivity contribution in [3.8, 4) is 0 Å². The van der Waals surface area contributed by atoms with Crippen LogP contribution >= 0.6 is 11.8 Å². The van der Waals surface area contributed by atoms with Gasteiger partial charge in [0.15, 0.2) is 0 Å². The van der Waals surface area contributed by atoms with E-state index in [1.807, 2.05) is 0 Å². The first-order valence-electron chi connectivity index (χ1n) is 7.95. The lowest BCUT2D eigenvalue weighted by Crippen LogP contribution is -2.40. The first kappa shape index (κ1) is 16.4. The zero-order valence-corrected chi connectivity index (χ0v) is 13.7. The lowest BCUT2D eigenvalue weighted by atomic mass is 9.81. The molecule has 1 saturated carbocycles. The molecule has 0 bridgehead atoms. The van der Waals surface area contributed by atoms with Crippen molar-refractivity contribution in [3.05, 3.63) is 0 Å². The smallest absolute Gasteiger partial charge is 0.00721 e. The summed E-state index contributed by atoms with van der Waals surface area (Å²) in [4.78, 5) is 0. The van der Waals surface area contributed by atoms with Gasteiger partial charge < -0.3 is 5.32 Å². The van der Waals surface area contributed by atoms with E-state index < -0.39 is 0 Å². The van der Waals surface area contributed by atoms with E-state index in [2.05, 4.69) is 44.8 Å². The van der Waals surface area contributed by atoms with Crippen molar-refractivity contribution < 1.29 is 0 Å². The second-order valence-electron chi connectivity index (χ2n) is 6.41. The molecule has 0 amide bonds. The fraction of sp³-hybridized carbons (Fsp3) is 1.00. The predicted molar refractivity (Wildman–Crippen MR) is 85.4 cm³/mol. The van der Waals surface area contributed by atoms with Crippen LogP contribution in [0.5, 0.6) is 0 Å². The maximum Gasteiger partial charge on any atom is 0.00721 e. The normalized spacial score (nSPS) is 26.5. The topological polar surface area (TPSA) is 12.0 Å². The van der Waals surface area contributed by atoms with E-state index in [-0.39, 0.29) is 0 Å². The van der Waals surface area contributed by atoms with E-state index in [0.29, 0.717) is 6.04 Å². The summed E-state index contributed by atoms with van der Waals surface area (Å²) in [7, 11) is 0. The highest BCUT2D eigenvalue weighted by Crippen LogP contribution is 2.29. The Hall–Kier alpha value is 0.310. The van der Waals surface area contributed by atoms with Gasteiger partial charge in [-0.3, -0.25) is 0 Å². The second kappa shape index (κ2) is 9.25. The fourth-order valence-corrected chi connectivity index (χ4v) is 4.02. The first-order chi connectivity index (χ1) is 8.61. The van der Waals surface area contributed by atoms with Crippen molar-refractivity contribution in [2.75, 3.05) is 11.5 Å². The van der Waals surface area contributed by atoms with Gasteiger partial charge in [0.1, 0.15) is 0 Å². The van der Waals surface area contributed by atoms with Crippen molar-refractivity contribution in [1.82, 2.24) is 5.32 Å². The number of hydrogen-bond donors (Lipinski definition) is 1. The number of nitrogens with one attached hydrogen (secondary N) is 1. The molecule has 3 atom stereocenters. The Kier molecular flexibility index (Phi) is 8.41. The maximum absolute atomic E-state index is 3.87. The minimum Gasteiger partial charge on any atom is -0.311 e. The second-order valence-corrected chi connectivity index (χ2v) is 7.81. The molecule has 0 aromatic rings. The van der Waals surface area contributed by atoms with Gasteiger partial charge in [0.2, 0.25) is 0 Å². The van der Waals surface area contributed by atoms with Gasteiger partial charge in [-0.25, -0.2) is 0 Å². The molecular formula is C16H33NS. The van der Waals surface area contributed by atoms with E-state index >= 15 is 0 Å². The molecule has 0 aliphatic heterocycles. The molecule has 0 radical (unpaired) electrons. The zero-order valence-electron chi connectivity index (χ0n) is 12.9. The summed E-state index contributed by atoms with van der Waals surface area (Å²) in [6, 6.07) is 1.50. The summed E-state index contributed by atoms with van der Waals surface area (Å²) in [5.74, 6) is 4.42. The Morgan fingerprint density at radius 1 is 1.22 bits per heavy atom. The standard InChI is InChI=1S/C16H33NS/c1-5-18-10-9-14(4)17-16-8-6-7-15(12-16)11-13(2)3/h13-17H,5-12H2,1-4H3. The Bertz CT molecular complexity index is 205. The van der Waals surface area contributed by atoms with Crippen LogP contribution in [0.3, 0.4) is 0 Å². The number of hydrogen-bond acceptors (Lipinski definition) is 2. The molecule has 0 aromatic carbocycles. The van der Waals surface area contributed by atoms with Crippen molar-refractivity contribution in [1.29, 1.82) is 0 Å². The lowest BCUT2D eigenvalue weighted by Gasteiger charge is -2.32. The van der Waals surface area contributed by atoms with Crippen LogP contribution < -0.4 is 5.32 Å². The van der Waals surface area contributed by atoms with Crippen LogP contribution in [0.15, 0.2) is 0 Å². The summed E-state index contributed by atoms with van der Waals surface area (Å²) in [5, 5.41) is 3.87. The van der Waals surface area contributed by atoms with Gasteiger partial charge in [-0.1, -0.05) is 33.6 Å². The molecule has 1 nitrogen and oxygen atoms in total. The van der Waals surface area contributed by atoms with Crippen molar-refractivity contribution >= 4 is 11.8 Å². The van der Waals surface area contributed by atoms with Crippen LogP contribution in [0.1, 0.15) is 66.2 Å². The average molecular weight is 272 g/mol. The van der Waals surface area contributed by atoms with E-state index in [0.717, 1.165) is 17.9 Å². The highest BCUT2D eigenvalue weighted by atomic mass is 32.2. The summed E-state index contributed by atoms with van der Waals surface area (Å²) in [6.07, 6.45) is 8.48. The summed E-state index contributed by atoms with van der Waals surface area (Å²) in [6.45, 7) is 9.34. The molecule has 1 rings (SSSR count). The monoisotopic (exact) mass is 271 g/mol. The molecule has 2 heteroatoms. The molecule has 0 aromatic heterocycles. The minimum atomic E-state index is 0.701. The predicted octanol–water partition coefficient (Wildman–Crippen LogP) is 4.71. The third kappa shape index (κ3) is 7.04. The lowest BCUT2D eigenvalue weighted by molar-refractivity contribution is 0.241. The fourth-order valence-electron chi connectivity index (χ4n) is 3.21. The molecule has 0 heterocycles. The van der Waals surface area contributed by atoms with Gasteiger partial charge in [-0.15, -0.1) is 0 Å². The minimum absolute atomic E-state index is 0.701. The molecule has 1 N–H and O–H groups in total. The Balaban J connectivity index is 2.20. The summed E-state index contributed by atoms with van der Waals surface area (Å²) in [5.41, 5.74) is 0. The summed E-state index contributed by atoms with van der Waals surface area (Å²) >= 11 is 2.07. The van der Waals surface area contributed by atoms with Gasteiger partial charge in [0.25, 0.3) is 0 Å². The van der Waals surface area contributed by atoms with Gasteiger partial charge >= 0.3 is 0 Å². The number of thioether (sulfide) groups is 1. The van der Waals surface area contributed by atoms with Gasteiger partial charge in [0.05, 0.1) is 0 Å². The molecule has 3 unspecified atom stereocenters. The molecule has 108 valence electrons. The third-order valence-electron chi connectivity index (χ3n) is 4.01. The van der Waals surface area contributed by atoms with E-state index in [4.69, 9.17) is 0 Å². The molecular weight excluding hydrogens is 238 g/mol. The molecule has 18 heavy (non-hydrogen) atoms. The SMILES string of the molecule is CCSCCC(C)NC1CCCC(CC(C)C)C1. The van der Waals surface area contributed by atoms with Gasteiger partial charge in [-0.2, -0.15) is 11.8 Å². The molecule has 1 aliphatic carbocycles. The molecule has 0 saturated heterocycles. The third-order valence-corrected chi connectivity index (χ3v) is 4.94. The Morgan fingerprint density at radius 2 is 2.00 bits per heavy atom. The highest BCUT2D eigenvalue weighted by molar-refractivity contribution is 7.99. The van der Waals surface area contributed by atoms with E-state index in [9.17, 15) is 0 Å². The van der Waals surface area contributed by atoms with Crippen LogP contribution in [-0.2, 0) is 0 Å². The quantitative estimate of drug-likeness (QED) is 0.642. The molecule has 0 spiro atoms. The maximum atomic E-state index is 3.87. The average Bonchev–Trinajstić information content (AvgIpc) is 2.28. The molecule has 1 fully saturated rings. The van der Waals surface area contributed by atoms with Crippen LogP contribution in [0.2, 0.25) is 0 Å². The van der Waals surface area contributed by atoms with Gasteiger partial charge in [-0.05, 0) is 55.9 Å².